The molecule has 0 atom stereocenters. The second kappa shape index (κ2) is 5.32. The maximum atomic E-state index is 12.1. The summed E-state index contributed by atoms with van der Waals surface area (Å²) in [7, 11) is -3.52. The van der Waals surface area contributed by atoms with Crippen LogP contribution in [0.25, 0.3) is 0 Å². The molecule has 102 valence electrons. The fourth-order valence-electron chi connectivity index (χ4n) is 1.61. The van der Waals surface area contributed by atoms with Gasteiger partial charge in [-0.05, 0) is 48.6 Å². The van der Waals surface area contributed by atoms with E-state index in [4.69, 9.17) is 5.73 Å². The number of benzene rings is 1. The minimum atomic E-state index is -3.52. The first-order valence-corrected chi connectivity index (χ1v) is 8.15. The maximum absolute atomic E-state index is 12.1. The summed E-state index contributed by atoms with van der Waals surface area (Å²) in [5.74, 6) is 0. The molecule has 6 heteroatoms. The van der Waals surface area contributed by atoms with Crippen molar-refractivity contribution in [2.45, 2.75) is 25.3 Å². The lowest BCUT2D eigenvalue weighted by Gasteiger charge is -2.08. The SMILES string of the molecule is Cc1ccc(S(=O)(=O)NCc2sccc2C)cc1N. The third kappa shape index (κ3) is 3.15. The van der Waals surface area contributed by atoms with E-state index in [0.717, 1.165) is 16.0 Å². The van der Waals surface area contributed by atoms with Crippen LogP contribution in [0.1, 0.15) is 16.0 Å². The number of anilines is 1. The number of thiophene rings is 1. The van der Waals surface area contributed by atoms with Crippen LogP contribution in [-0.2, 0) is 16.6 Å². The Morgan fingerprint density at radius 3 is 2.53 bits per heavy atom. The van der Waals surface area contributed by atoms with Gasteiger partial charge >= 0.3 is 0 Å². The number of nitrogens with two attached hydrogens (primary N) is 1. The van der Waals surface area contributed by atoms with Crippen molar-refractivity contribution in [1.82, 2.24) is 4.72 Å². The third-order valence-corrected chi connectivity index (χ3v) is 5.37. The van der Waals surface area contributed by atoms with Gasteiger partial charge in [-0.2, -0.15) is 0 Å². The highest BCUT2D eigenvalue weighted by Gasteiger charge is 2.15. The largest absolute Gasteiger partial charge is 0.398 e. The topological polar surface area (TPSA) is 72.2 Å². The molecule has 3 N–H and O–H groups in total. The van der Waals surface area contributed by atoms with Crippen molar-refractivity contribution in [3.8, 4) is 0 Å². The molecule has 1 heterocycles. The van der Waals surface area contributed by atoms with Crippen LogP contribution < -0.4 is 10.5 Å². The van der Waals surface area contributed by atoms with E-state index in [0.29, 0.717) is 12.2 Å². The van der Waals surface area contributed by atoms with Gasteiger partial charge < -0.3 is 5.73 Å². The highest BCUT2D eigenvalue weighted by atomic mass is 32.2. The van der Waals surface area contributed by atoms with E-state index < -0.39 is 10.0 Å². The van der Waals surface area contributed by atoms with Crippen molar-refractivity contribution in [3.05, 3.63) is 45.6 Å². The Morgan fingerprint density at radius 2 is 1.95 bits per heavy atom. The van der Waals surface area contributed by atoms with Gasteiger partial charge in [-0.25, -0.2) is 13.1 Å². The summed E-state index contributed by atoms with van der Waals surface area (Å²) in [6, 6.07) is 6.73. The molecule has 19 heavy (non-hydrogen) atoms. The van der Waals surface area contributed by atoms with Gasteiger partial charge in [0.1, 0.15) is 0 Å². The summed E-state index contributed by atoms with van der Waals surface area (Å²) in [6.07, 6.45) is 0. The first-order valence-electron chi connectivity index (χ1n) is 5.79. The molecule has 0 aliphatic carbocycles. The molecular weight excluding hydrogens is 280 g/mol. The maximum Gasteiger partial charge on any atom is 0.240 e. The van der Waals surface area contributed by atoms with E-state index in [-0.39, 0.29) is 4.90 Å². The van der Waals surface area contributed by atoms with Gasteiger partial charge in [0.15, 0.2) is 0 Å². The minimum Gasteiger partial charge on any atom is -0.398 e. The Morgan fingerprint density at radius 1 is 1.21 bits per heavy atom. The monoisotopic (exact) mass is 296 g/mol. The van der Waals surface area contributed by atoms with Crippen LogP contribution in [0.15, 0.2) is 34.5 Å². The molecule has 2 aromatic rings. The van der Waals surface area contributed by atoms with Crippen LogP contribution in [0.5, 0.6) is 0 Å². The smallest absolute Gasteiger partial charge is 0.240 e. The molecule has 1 aromatic carbocycles. The number of nitrogens with one attached hydrogen (secondary N) is 1. The van der Waals surface area contributed by atoms with Crippen LogP contribution in [-0.4, -0.2) is 8.42 Å². The molecule has 0 amide bonds. The van der Waals surface area contributed by atoms with E-state index in [1.165, 1.54) is 17.4 Å². The molecule has 0 unspecified atom stereocenters. The van der Waals surface area contributed by atoms with Crippen LogP contribution >= 0.6 is 11.3 Å². The van der Waals surface area contributed by atoms with Crippen molar-refractivity contribution in [1.29, 1.82) is 0 Å². The summed E-state index contributed by atoms with van der Waals surface area (Å²) in [6.45, 7) is 4.11. The van der Waals surface area contributed by atoms with E-state index in [2.05, 4.69) is 4.72 Å². The quantitative estimate of drug-likeness (QED) is 0.851. The molecule has 0 bridgehead atoms. The molecule has 1 aromatic heterocycles. The minimum absolute atomic E-state index is 0.199. The standard InChI is InChI=1S/C13H16N2O2S2/c1-9-3-4-11(7-12(9)14)19(16,17)15-8-13-10(2)5-6-18-13/h3-7,15H,8,14H2,1-2H3. The lowest BCUT2D eigenvalue weighted by Crippen LogP contribution is -2.23. The molecule has 2 rings (SSSR count). The van der Waals surface area contributed by atoms with Gasteiger partial charge in [-0.1, -0.05) is 6.07 Å². The van der Waals surface area contributed by atoms with Crippen LogP contribution in [0, 0.1) is 13.8 Å². The molecule has 4 nitrogen and oxygen atoms in total. The average molecular weight is 296 g/mol. The van der Waals surface area contributed by atoms with E-state index >= 15 is 0 Å². The van der Waals surface area contributed by atoms with Gasteiger partial charge in [0.05, 0.1) is 4.90 Å². The zero-order valence-electron chi connectivity index (χ0n) is 10.8. The molecule has 0 saturated carbocycles. The van der Waals surface area contributed by atoms with Gasteiger partial charge in [0.25, 0.3) is 0 Å². The zero-order chi connectivity index (χ0) is 14.0. The summed E-state index contributed by atoms with van der Waals surface area (Å²) in [5.41, 5.74) is 8.19. The summed E-state index contributed by atoms with van der Waals surface area (Å²) in [5, 5.41) is 1.95. The number of nitrogen functional groups attached to an aromatic ring is 1. The summed E-state index contributed by atoms with van der Waals surface area (Å²) < 4.78 is 26.9. The highest BCUT2D eigenvalue weighted by Crippen LogP contribution is 2.19. The second-order valence-electron chi connectivity index (χ2n) is 4.37. The number of sulfonamides is 1. The van der Waals surface area contributed by atoms with Crippen molar-refractivity contribution in [2.24, 2.45) is 0 Å². The van der Waals surface area contributed by atoms with Gasteiger partial charge in [-0.15, -0.1) is 11.3 Å². The van der Waals surface area contributed by atoms with Crippen molar-refractivity contribution < 1.29 is 8.42 Å². The summed E-state index contributed by atoms with van der Waals surface area (Å²) in [4.78, 5) is 1.22. The predicted molar refractivity (Wildman–Crippen MR) is 78.7 cm³/mol. The first kappa shape index (κ1) is 14.0. The van der Waals surface area contributed by atoms with Gasteiger partial charge in [-0.3, -0.25) is 0 Å². The van der Waals surface area contributed by atoms with Crippen molar-refractivity contribution in [3.63, 3.8) is 0 Å². The van der Waals surface area contributed by atoms with Crippen LogP contribution in [0.2, 0.25) is 0 Å². The lowest BCUT2D eigenvalue weighted by molar-refractivity contribution is 0.581. The molecule has 0 radical (unpaired) electrons. The fraction of sp³-hybridized carbons (Fsp3) is 0.231. The Hall–Kier alpha value is -1.37. The van der Waals surface area contributed by atoms with Crippen LogP contribution in [0.4, 0.5) is 5.69 Å². The Kier molecular flexibility index (Phi) is 3.93. The lowest BCUT2D eigenvalue weighted by atomic mass is 10.2. The predicted octanol–water partition coefficient (Wildman–Crippen LogP) is 2.43. The van der Waals surface area contributed by atoms with Crippen LogP contribution in [0.3, 0.4) is 0 Å². The number of hydrogen-bond donors (Lipinski definition) is 2. The number of rotatable bonds is 4. The Labute approximate surface area is 117 Å². The van der Waals surface area contributed by atoms with Gasteiger partial charge in [0, 0.05) is 17.1 Å². The van der Waals surface area contributed by atoms with Crippen molar-refractivity contribution in [2.75, 3.05) is 5.73 Å². The molecule has 0 fully saturated rings. The Bertz CT molecular complexity index is 690. The number of hydrogen-bond acceptors (Lipinski definition) is 4. The van der Waals surface area contributed by atoms with E-state index in [1.807, 2.05) is 25.3 Å². The normalized spacial score (nSPS) is 11.7. The zero-order valence-corrected chi connectivity index (χ0v) is 12.4. The molecule has 0 saturated heterocycles. The molecular formula is C13H16N2O2S2. The highest BCUT2D eigenvalue weighted by molar-refractivity contribution is 7.89. The number of aryl methyl sites for hydroxylation is 2. The van der Waals surface area contributed by atoms with Crippen molar-refractivity contribution >= 4 is 27.0 Å². The third-order valence-electron chi connectivity index (χ3n) is 2.95. The average Bonchev–Trinajstić information content (AvgIpc) is 2.76. The first-order chi connectivity index (χ1) is 8.90. The fourth-order valence-corrected chi connectivity index (χ4v) is 3.58. The molecule has 0 aliphatic heterocycles. The summed E-state index contributed by atoms with van der Waals surface area (Å²) >= 11 is 1.54. The van der Waals surface area contributed by atoms with E-state index in [1.54, 1.807) is 12.1 Å². The van der Waals surface area contributed by atoms with Gasteiger partial charge in [0.2, 0.25) is 10.0 Å². The van der Waals surface area contributed by atoms with E-state index in [9.17, 15) is 8.42 Å². The second-order valence-corrected chi connectivity index (χ2v) is 7.14. The molecule has 0 aliphatic rings. The Balaban J connectivity index is 2.18. The molecule has 0 spiro atoms.